The summed E-state index contributed by atoms with van der Waals surface area (Å²) in [4.78, 5) is 29.5. The normalized spacial score (nSPS) is 14.2. The van der Waals surface area contributed by atoms with E-state index in [-0.39, 0.29) is 11.9 Å². The number of piperazine rings is 1. The number of rotatable bonds is 8. The highest BCUT2D eigenvalue weighted by Gasteiger charge is 2.22. The fourth-order valence-corrected chi connectivity index (χ4v) is 4.07. The summed E-state index contributed by atoms with van der Waals surface area (Å²) in [5.41, 5.74) is 9.65. The molecule has 0 radical (unpaired) electrons. The zero-order chi connectivity index (χ0) is 23.4. The van der Waals surface area contributed by atoms with Gasteiger partial charge in [-0.2, -0.15) is 4.98 Å². The zero-order valence-corrected chi connectivity index (χ0v) is 19.6. The largest absolute Gasteiger partial charge is 0.462 e. The molecule has 1 saturated heterocycles. The SMILES string of the molecule is CCCCOc1nc(N)c2ncc(Cc3cnc(N4CCN(C(=O)CC)CC4)c(C)c3)n2n1. The molecule has 3 aromatic heterocycles. The van der Waals surface area contributed by atoms with Crippen LogP contribution < -0.4 is 15.4 Å². The minimum Gasteiger partial charge on any atom is -0.462 e. The van der Waals surface area contributed by atoms with Gasteiger partial charge in [0.05, 0.1) is 18.5 Å². The van der Waals surface area contributed by atoms with Gasteiger partial charge < -0.3 is 20.3 Å². The number of ether oxygens (including phenoxy) is 1. The van der Waals surface area contributed by atoms with Gasteiger partial charge in [0.1, 0.15) is 5.82 Å². The highest BCUT2D eigenvalue weighted by molar-refractivity contribution is 5.76. The van der Waals surface area contributed by atoms with Crippen LogP contribution >= 0.6 is 0 Å². The number of pyridine rings is 1. The number of nitrogen functional groups attached to an aromatic ring is 1. The van der Waals surface area contributed by atoms with Crippen LogP contribution in [0, 0.1) is 6.92 Å². The average Bonchev–Trinajstić information content (AvgIpc) is 3.22. The maximum atomic E-state index is 11.9. The average molecular weight is 453 g/mol. The number of unbranched alkanes of at least 4 members (excludes halogenated alkanes) is 1. The number of anilines is 2. The predicted octanol–water partition coefficient (Wildman–Crippen LogP) is 2.24. The zero-order valence-electron chi connectivity index (χ0n) is 19.6. The number of nitrogens with two attached hydrogens (primary N) is 1. The summed E-state index contributed by atoms with van der Waals surface area (Å²) < 4.78 is 7.35. The van der Waals surface area contributed by atoms with E-state index in [1.807, 2.05) is 18.0 Å². The number of nitrogens with zero attached hydrogens (tertiary/aromatic N) is 7. The van der Waals surface area contributed by atoms with Crippen molar-refractivity contribution in [2.75, 3.05) is 43.4 Å². The van der Waals surface area contributed by atoms with Gasteiger partial charge in [-0.05, 0) is 24.5 Å². The summed E-state index contributed by atoms with van der Waals surface area (Å²) >= 11 is 0. The molecule has 176 valence electrons. The Morgan fingerprint density at radius 1 is 1.15 bits per heavy atom. The summed E-state index contributed by atoms with van der Waals surface area (Å²) in [5, 5.41) is 4.49. The third-order valence-electron chi connectivity index (χ3n) is 5.90. The number of amides is 1. The first-order chi connectivity index (χ1) is 16.0. The lowest BCUT2D eigenvalue weighted by molar-refractivity contribution is -0.131. The molecule has 1 aliphatic rings. The summed E-state index contributed by atoms with van der Waals surface area (Å²) in [7, 11) is 0. The van der Waals surface area contributed by atoms with Crippen molar-refractivity contribution in [1.29, 1.82) is 0 Å². The van der Waals surface area contributed by atoms with Crippen LogP contribution in [0.1, 0.15) is 49.9 Å². The maximum Gasteiger partial charge on any atom is 0.336 e. The Hall–Kier alpha value is -3.43. The molecule has 0 atom stereocenters. The fraction of sp³-hybridized carbons (Fsp3) is 0.522. The van der Waals surface area contributed by atoms with E-state index in [0.29, 0.717) is 30.9 Å². The molecule has 4 heterocycles. The van der Waals surface area contributed by atoms with E-state index in [2.05, 4.69) is 39.9 Å². The first kappa shape index (κ1) is 22.8. The molecule has 2 N–H and O–H groups in total. The Balaban J connectivity index is 1.48. The van der Waals surface area contributed by atoms with E-state index in [4.69, 9.17) is 15.5 Å². The molecule has 0 aliphatic carbocycles. The minimum atomic E-state index is 0.214. The van der Waals surface area contributed by atoms with E-state index >= 15 is 0 Å². The van der Waals surface area contributed by atoms with E-state index in [9.17, 15) is 4.79 Å². The van der Waals surface area contributed by atoms with Crippen LogP contribution in [0.4, 0.5) is 11.6 Å². The van der Waals surface area contributed by atoms with Crippen LogP contribution in [0.15, 0.2) is 18.5 Å². The second-order valence-electron chi connectivity index (χ2n) is 8.35. The van der Waals surface area contributed by atoms with Gasteiger partial charge in [0.2, 0.25) is 5.91 Å². The van der Waals surface area contributed by atoms with Crippen LogP contribution in [0.25, 0.3) is 5.65 Å². The monoisotopic (exact) mass is 452 g/mol. The number of fused-ring (bicyclic) bond motifs is 1. The van der Waals surface area contributed by atoms with Crippen molar-refractivity contribution in [3.8, 4) is 6.01 Å². The molecule has 0 aromatic carbocycles. The van der Waals surface area contributed by atoms with Gasteiger partial charge in [-0.15, -0.1) is 5.10 Å². The number of carbonyl (C=O) groups excluding carboxylic acids is 1. The summed E-state index contributed by atoms with van der Waals surface area (Å²) in [6.45, 7) is 9.70. The fourth-order valence-electron chi connectivity index (χ4n) is 4.07. The minimum absolute atomic E-state index is 0.214. The summed E-state index contributed by atoms with van der Waals surface area (Å²) in [5.74, 6) is 1.48. The van der Waals surface area contributed by atoms with E-state index < -0.39 is 0 Å². The van der Waals surface area contributed by atoms with Crippen LogP contribution in [0.2, 0.25) is 0 Å². The molecule has 0 bridgehead atoms. The molecule has 1 amide bonds. The molecule has 0 spiro atoms. The van der Waals surface area contributed by atoms with Crippen LogP contribution in [-0.4, -0.2) is 68.2 Å². The Morgan fingerprint density at radius 3 is 2.64 bits per heavy atom. The number of hydrogen-bond acceptors (Lipinski definition) is 8. The van der Waals surface area contributed by atoms with Gasteiger partial charge in [0, 0.05) is 45.2 Å². The van der Waals surface area contributed by atoms with E-state index in [1.54, 1.807) is 10.7 Å². The molecule has 10 nitrogen and oxygen atoms in total. The topological polar surface area (TPSA) is 115 Å². The lowest BCUT2D eigenvalue weighted by Crippen LogP contribution is -2.49. The van der Waals surface area contributed by atoms with Gasteiger partial charge in [-0.25, -0.2) is 14.5 Å². The highest BCUT2D eigenvalue weighted by Crippen LogP contribution is 2.22. The van der Waals surface area contributed by atoms with E-state index in [1.165, 1.54) is 0 Å². The van der Waals surface area contributed by atoms with Gasteiger partial charge in [0.25, 0.3) is 0 Å². The lowest BCUT2D eigenvalue weighted by atomic mass is 10.1. The first-order valence-electron chi connectivity index (χ1n) is 11.6. The maximum absolute atomic E-state index is 11.9. The van der Waals surface area contributed by atoms with Crippen molar-refractivity contribution in [2.45, 2.75) is 46.5 Å². The van der Waals surface area contributed by atoms with Gasteiger partial charge >= 0.3 is 6.01 Å². The third kappa shape index (κ3) is 4.99. The van der Waals surface area contributed by atoms with Crippen molar-refractivity contribution in [1.82, 2.24) is 29.5 Å². The Labute approximate surface area is 193 Å². The lowest BCUT2D eigenvalue weighted by Gasteiger charge is -2.36. The molecule has 10 heteroatoms. The first-order valence-corrected chi connectivity index (χ1v) is 11.6. The molecule has 1 aliphatic heterocycles. The Morgan fingerprint density at radius 2 is 1.94 bits per heavy atom. The van der Waals surface area contributed by atoms with Crippen LogP contribution in [0.3, 0.4) is 0 Å². The molecule has 0 unspecified atom stereocenters. The summed E-state index contributed by atoms with van der Waals surface area (Å²) in [6, 6.07) is 2.41. The summed E-state index contributed by atoms with van der Waals surface area (Å²) in [6.07, 6.45) is 6.79. The van der Waals surface area contributed by atoms with Crippen molar-refractivity contribution < 1.29 is 9.53 Å². The number of hydrogen-bond donors (Lipinski definition) is 1. The Kier molecular flexibility index (Phi) is 6.90. The van der Waals surface area contributed by atoms with Crippen LogP contribution in [-0.2, 0) is 11.2 Å². The van der Waals surface area contributed by atoms with Crippen molar-refractivity contribution >= 4 is 23.2 Å². The van der Waals surface area contributed by atoms with Gasteiger partial charge in [-0.1, -0.05) is 26.3 Å². The third-order valence-corrected chi connectivity index (χ3v) is 5.90. The van der Waals surface area contributed by atoms with Crippen molar-refractivity contribution in [3.63, 3.8) is 0 Å². The standard InChI is InChI=1S/C23H32N8O2/c1-4-6-11-33-23-27-20(24)22-26-15-18(31(22)28-23)13-17-12-16(3)21(25-14-17)30-9-7-29(8-10-30)19(32)5-2/h12,14-15H,4-11,13H2,1-3H3,(H2,24,27,28). The molecular formula is C23H32N8O2. The smallest absolute Gasteiger partial charge is 0.336 e. The molecular weight excluding hydrogens is 420 g/mol. The quantitative estimate of drug-likeness (QED) is 0.518. The van der Waals surface area contributed by atoms with Crippen molar-refractivity contribution in [2.24, 2.45) is 0 Å². The second kappa shape index (κ2) is 10.0. The predicted molar refractivity (Wildman–Crippen MR) is 126 cm³/mol. The number of imidazole rings is 1. The molecule has 4 rings (SSSR count). The second-order valence-corrected chi connectivity index (χ2v) is 8.35. The number of aromatic nitrogens is 5. The Bertz CT molecular complexity index is 1120. The molecule has 33 heavy (non-hydrogen) atoms. The number of carbonyl (C=O) groups is 1. The molecule has 0 saturated carbocycles. The molecule has 3 aromatic rings. The highest BCUT2D eigenvalue weighted by atomic mass is 16.5. The molecule has 1 fully saturated rings. The van der Waals surface area contributed by atoms with Crippen LogP contribution in [0.5, 0.6) is 6.01 Å². The van der Waals surface area contributed by atoms with Gasteiger partial charge in [-0.3, -0.25) is 4.79 Å². The van der Waals surface area contributed by atoms with E-state index in [0.717, 1.165) is 61.7 Å². The van der Waals surface area contributed by atoms with Gasteiger partial charge in [0.15, 0.2) is 11.5 Å². The van der Waals surface area contributed by atoms with Crippen molar-refractivity contribution in [3.05, 3.63) is 35.3 Å². The number of aryl methyl sites for hydroxylation is 1.